The van der Waals surface area contributed by atoms with Crippen molar-refractivity contribution in [2.45, 2.75) is 52.0 Å². The summed E-state index contributed by atoms with van der Waals surface area (Å²) in [6.45, 7) is 4.86. The number of rotatable bonds is 3. The first-order chi connectivity index (χ1) is 11.0. The predicted octanol–water partition coefficient (Wildman–Crippen LogP) is 3.39. The molecular formula is C18H25NO4. The van der Waals surface area contributed by atoms with Crippen molar-refractivity contribution in [3.63, 3.8) is 0 Å². The highest BCUT2D eigenvalue weighted by atomic mass is 16.4. The summed E-state index contributed by atoms with van der Waals surface area (Å²) in [7, 11) is 0. The van der Waals surface area contributed by atoms with Gasteiger partial charge in [-0.3, -0.25) is 9.59 Å². The first-order valence-corrected chi connectivity index (χ1v) is 8.55. The molecule has 1 aromatic rings. The second kappa shape index (κ2) is 6.38. The van der Waals surface area contributed by atoms with Crippen LogP contribution in [0.25, 0.3) is 0 Å². The van der Waals surface area contributed by atoms with Crippen LogP contribution in [0.5, 0.6) is 0 Å². The predicted molar refractivity (Wildman–Crippen MR) is 84.8 cm³/mol. The lowest BCUT2D eigenvalue weighted by molar-refractivity contribution is -0.142. The molecule has 3 rings (SSSR count). The van der Waals surface area contributed by atoms with Gasteiger partial charge in [-0.25, -0.2) is 0 Å². The maximum atomic E-state index is 13.0. The molecule has 4 atom stereocenters. The van der Waals surface area contributed by atoms with Crippen LogP contribution in [0.3, 0.4) is 0 Å². The van der Waals surface area contributed by atoms with Crippen LogP contribution in [0.15, 0.2) is 16.5 Å². The Kier molecular flexibility index (Phi) is 4.46. The van der Waals surface area contributed by atoms with E-state index < -0.39 is 5.97 Å². The molecule has 2 aliphatic rings. The normalized spacial score (nSPS) is 31.3. The number of amides is 1. The fraction of sp³-hybridized carbons (Fsp3) is 0.667. The van der Waals surface area contributed by atoms with Crippen LogP contribution in [0.4, 0.5) is 0 Å². The van der Waals surface area contributed by atoms with Gasteiger partial charge in [0, 0.05) is 12.5 Å². The molecule has 0 spiro atoms. The third-order valence-corrected chi connectivity index (χ3v) is 5.37. The van der Waals surface area contributed by atoms with Crippen LogP contribution < -0.4 is 0 Å². The van der Waals surface area contributed by atoms with Crippen molar-refractivity contribution in [3.8, 4) is 0 Å². The fourth-order valence-corrected chi connectivity index (χ4v) is 3.97. The molecule has 2 fully saturated rings. The molecule has 2 unspecified atom stereocenters. The van der Waals surface area contributed by atoms with Crippen LogP contribution in [0, 0.1) is 24.7 Å². The van der Waals surface area contributed by atoms with Crippen LogP contribution in [0.2, 0.25) is 0 Å². The Balaban J connectivity index is 1.76. The Morgan fingerprint density at radius 3 is 2.52 bits per heavy atom. The molecule has 0 radical (unpaired) electrons. The number of nitrogens with zero attached hydrogens (tertiary/aromatic N) is 1. The third-order valence-electron chi connectivity index (χ3n) is 5.37. The third kappa shape index (κ3) is 3.28. The van der Waals surface area contributed by atoms with Gasteiger partial charge in [0.25, 0.3) is 0 Å². The van der Waals surface area contributed by atoms with Gasteiger partial charge in [-0.2, -0.15) is 0 Å². The lowest BCUT2D eigenvalue weighted by Gasteiger charge is -2.38. The van der Waals surface area contributed by atoms with E-state index in [2.05, 4.69) is 6.92 Å². The minimum Gasteiger partial charge on any atom is -0.481 e. The number of aryl methyl sites for hydroxylation is 1. The molecule has 1 saturated heterocycles. The monoisotopic (exact) mass is 319 g/mol. The van der Waals surface area contributed by atoms with E-state index >= 15 is 0 Å². The minimum absolute atomic E-state index is 0.0103. The first-order valence-electron chi connectivity index (χ1n) is 8.55. The molecule has 1 aromatic heterocycles. The van der Waals surface area contributed by atoms with Gasteiger partial charge in [-0.05, 0) is 57.1 Å². The summed E-state index contributed by atoms with van der Waals surface area (Å²) in [5.41, 5.74) is 0. The average Bonchev–Trinajstić information content (AvgIpc) is 3.15. The van der Waals surface area contributed by atoms with E-state index in [0.29, 0.717) is 25.2 Å². The number of piperidine rings is 1. The van der Waals surface area contributed by atoms with Gasteiger partial charge >= 0.3 is 5.97 Å². The van der Waals surface area contributed by atoms with E-state index in [1.165, 1.54) is 0 Å². The minimum atomic E-state index is -0.772. The van der Waals surface area contributed by atoms with Crippen molar-refractivity contribution < 1.29 is 19.1 Å². The number of hydrogen-bond donors (Lipinski definition) is 1. The molecule has 1 N–H and O–H groups in total. The van der Waals surface area contributed by atoms with E-state index in [1.54, 1.807) is 0 Å². The molecule has 1 saturated carbocycles. The van der Waals surface area contributed by atoms with Crippen molar-refractivity contribution in [3.05, 3.63) is 23.7 Å². The van der Waals surface area contributed by atoms with E-state index in [9.17, 15) is 9.59 Å². The van der Waals surface area contributed by atoms with Crippen molar-refractivity contribution in [2.24, 2.45) is 17.8 Å². The lowest BCUT2D eigenvalue weighted by atomic mass is 9.89. The van der Waals surface area contributed by atoms with Crippen LogP contribution >= 0.6 is 0 Å². The summed E-state index contributed by atoms with van der Waals surface area (Å²) in [4.78, 5) is 26.0. The Morgan fingerprint density at radius 2 is 1.91 bits per heavy atom. The molecule has 23 heavy (non-hydrogen) atoms. The van der Waals surface area contributed by atoms with Crippen LogP contribution in [-0.2, 0) is 9.59 Å². The Hall–Kier alpha value is -1.78. The van der Waals surface area contributed by atoms with Crippen molar-refractivity contribution in [1.29, 1.82) is 0 Å². The maximum absolute atomic E-state index is 13.0. The number of carboxylic acid groups (broad SMARTS) is 1. The molecule has 126 valence electrons. The van der Waals surface area contributed by atoms with Gasteiger partial charge in [0.05, 0.1) is 12.0 Å². The topological polar surface area (TPSA) is 70.8 Å². The molecule has 1 amide bonds. The fourth-order valence-electron chi connectivity index (χ4n) is 3.97. The standard InChI is InChI=1S/C18H25NO4/c1-11-7-8-19(15(9-11)16-6-3-12(2)23-16)17(20)13-4-5-14(10-13)18(21)22/h3,6,11,13-15H,4-5,7-10H2,1-2H3,(H,21,22)/t11?,13-,14+,15?/m1/s1. The van der Waals surface area contributed by atoms with Crippen LogP contribution in [-0.4, -0.2) is 28.4 Å². The van der Waals surface area contributed by atoms with Gasteiger partial charge in [0.2, 0.25) is 5.91 Å². The Morgan fingerprint density at radius 1 is 1.17 bits per heavy atom. The zero-order valence-corrected chi connectivity index (χ0v) is 13.8. The van der Waals surface area contributed by atoms with E-state index in [0.717, 1.165) is 30.9 Å². The Bertz CT molecular complexity index is 594. The first kappa shape index (κ1) is 16.1. The lowest BCUT2D eigenvalue weighted by Crippen LogP contribution is -2.43. The van der Waals surface area contributed by atoms with E-state index in [1.807, 2.05) is 24.0 Å². The average molecular weight is 319 g/mol. The largest absolute Gasteiger partial charge is 0.481 e. The highest BCUT2D eigenvalue weighted by Crippen LogP contribution is 2.39. The number of aliphatic carboxylic acids is 1. The zero-order valence-electron chi connectivity index (χ0n) is 13.8. The molecule has 2 heterocycles. The van der Waals surface area contributed by atoms with Crippen molar-refractivity contribution >= 4 is 11.9 Å². The number of carbonyl (C=O) groups is 2. The number of furan rings is 1. The molecular weight excluding hydrogens is 294 g/mol. The second-order valence-corrected chi connectivity index (χ2v) is 7.17. The summed E-state index contributed by atoms with van der Waals surface area (Å²) < 4.78 is 5.79. The number of hydrogen-bond acceptors (Lipinski definition) is 3. The summed E-state index contributed by atoms with van der Waals surface area (Å²) in [5.74, 6) is 1.10. The number of carboxylic acids is 1. The van der Waals surface area contributed by atoms with E-state index in [-0.39, 0.29) is 23.8 Å². The number of likely N-dealkylation sites (tertiary alicyclic amines) is 1. The quantitative estimate of drug-likeness (QED) is 0.927. The van der Waals surface area contributed by atoms with Gasteiger partial charge in [-0.15, -0.1) is 0 Å². The van der Waals surface area contributed by atoms with Crippen molar-refractivity contribution in [2.75, 3.05) is 6.54 Å². The van der Waals surface area contributed by atoms with Gasteiger partial charge in [0.1, 0.15) is 11.5 Å². The molecule has 1 aliphatic heterocycles. The zero-order chi connectivity index (χ0) is 16.6. The van der Waals surface area contributed by atoms with Gasteiger partial charge in [-0.1, -0.05) is 6.92 Å². The summed E-state index contributed by atoms with van der Waals surface area (Å²) >= 11 is 0. The molecule has 5 nitrogen and oxygen atoms in total. The number of carbonyl (C=O) groups excluding carboxylic acids is 1. The van der Waals surface area contributed by atoms with Gasteiger partial charge < -0.3 is 14.4 Å². The van der Waals surface area contributed by atoms with Crippen LogP contribution in [0.1, 0.15) is 56.6 Å². The second-order valence-electron chi connectivity index (χ2n) is 7.17. The maximum Gasteiger partial charge on any atom is 0.306 e. The molecule has 5 heteroatoms. The molecule has 1 aliphatic carbocycles. The molecule has 0 bridgehead atoms. The summed E-state index contributed by atoms with van der Waals surface area (Å²) in [6, 6.07) is 3.89. The highest BCUT2D eigenvalue weighted by Gasteiger charge is 2.40. The van der Waals surface area contributed by atoms with E-state index in [4.69, 9.17) is 9.52 Å². The molecule has 0 aromatic carbocycles. The summed E-state index contributed by atoms with van der Waals surface area (Å²) in [6.07, 6.45) is 3.68. The highest BCUT2D eigenvalue weighted by molar-refractivity contribution is 5.81. The summed E-state index contributed by atoms with van der Waals surface area (Å²) in [5, 5.41) is 9.15. The SMILES string of the molecule is Cc1ccc(C2CC(C)CCN2C(=O)[C@@H]2CC[C@H](C(=O)O)C2)o1. The van der Waals surface area contributed by atoms with Crippen molar-refractivity contribution in [1.82, 2.24) is 4.90 Å². The van der Waals surface area contributed by atoms with Gasteiger partial charge in [0.15, 0.2) is 0 Å². The Labute approximate surface area is 136 Å². The smallest absolute Gasteiger partial charge is 0.306 e.